The minimum absolute atomic E-state index is 0.233. The van der Waals surface area contributed by atoms with Crippen LogP contribution in [-0.2, 0) is 12.6 Å². The van der Waals surface area contributed by atoms with Crippen molar-refractivity contribution in [3.63, 3.8) is 0 Å². The van der Waals surface area contributed by atoms with E-state index in [-0.39, 0.29) is 12.1 Å². The number of rotatable bonds is 10. The van der Waals surface area contributed by atoms with Crippen LogP contribution in [0.5, 0.6) is 0 Å². The van der Waals surface area contributed by atoms with Crippen molar-refractivity contribution < 1.29 is 5.11 Å². The summed E-state index contributed by atoms with van der Waals surface area (Å²) >= 11 is 3.53. The number of hydrogen-bond acceptors (Lipinski definition) is 9. The molecule has 3 rings (SSSR count). The molecular weight excluding hydrogens is 484 g/mol. The summed E-state index contributed by atoms with van der Waals surface area (Å²) in [6.07, 6.45) is 6.91. The molecule has 2 aromatic rings. The quantitative estimate of drug-likeness (QED) is 0.140. The summed E-state index contributed by atoms with van der Waals surface area (Å²) in [5.41, 5.74) is 16.3. The Hall–Kier alpha value is -3.52. The van der Waals surface area contributed by atoms with Crippen molar-refractivity contribution in [3.05, 3.63) is 65.6 Å². The number of thiol groups is 1. The van der Waals surface area contributed by atoms with Gasteiger partial charge in [0.05, 0.1) is 12.7 Å². The summed E-state index contributed by atoms with van der Waals surface area (Å²) in [4.78, 5) is 9.92. The van der Waals surface area contributed by atoms with Crippen LogP contribution in [0, 0.1) is 11.8 Å². The van der Waals surface area contributed by atoms with E-state index in [4.69, 9.17) is 11.5 Å². The summed E-state index contributed by atoms with van der Waals surface area (Å²) in [7, 11) is 5.23. The molecule has 6 N–H and O–H groups in total. The van der Waals surface area contributed by atoms with Gasteiger partial charge in [-0.2, -0.15) is 17.7 Å². The molecule has 0 radical (unpaired) electrons. The zero-order chi connectivity index (χ0) is 27.6. The molecular formula is C27H38N8OS. The Morgan fingerprint density at radius 3 is 2.62 bits per heavy atom. The van der Waals surface area contributed by atoms with Crippen molar-refractivity contribution in [1.29, 1.82) is 0 Å². The fraction of sp³-hybridized carbons (Fsp3) is 0.370. The summed E-state index contributed by atoms with van der Waals surface area (Å²) in [5, 5.41) is 18.8. The van der Waals surface area contributed by atoms with E-state index in [0.717, 1.165) is 29.7 Å². The number of nitrogens with one attached hydrogen (secondary N) is 1. The maximum Gasteiger partial charge on any atom is 0.157 e. The molecule has 0 spiro atoms. The summed E-state index contributed by atoms with van der Waals surface area (Å²) in [5.74, 6) is 6.39. The second-order valence-electron chi connectivity index (χ2n) is 8.48. The second-order valence-corrected chi connectivity index (χ2v) is 8.48. The van der Waals surface area contributed by atoms with Crippen LogP contribution < -0.4 is 21.7 Å². The summed E-state index contributed by atoms with van der Waals surface area (Å²) in [6.45, 7) is 8.09. The Kier molecular flexibility index (Phi) is 11.0. The number of anilines is 1. The van der Waals surface area contributed by atoms with E-state index < -0.39 is 12.3 Å². The highest BCUT2D eigenvalue weighted by atomic mass is 32.1. The molecule has 37 heavy (non-hydrogen) atoms. The van der Waals surface area contributed by atoms with E-state index in [9.17, 15) is 5.11 Å². The molecule has 1 aliphatic carbocycles. The Morgan fingerprint density at radius 1 is 1.41 bits per heavy atom. The van der Waals surface area contributed by atoms with Gasteiger partial charge in [0, 0.05) is 61.6 Å². The Bertz CT molecular complexity index is 1200. The third kappa shape index (κ3) is 7.04. The fourth-order valence-corrected chi connectivity index (χ4v) is 3.83. The molecule has 9 nitrogen and oxygen atoms in total. The van der Waals surface area contributed by atoms with Crippen molar-refractivity contribution in [3.8, 4) is 11.8 Å². The molecule has 10 heteroatoms. The molecule has 1 aliphatic rings. The highest BCUT2D eigenvalue weighted by Gasteiger charge is 2.40. The van der Waals surface area contributed by atoms with Crippen LogP contribution in [-0.4, -0.2) is 67.0 Å². The lowest BCUT2D eigenvalue weighted by atomic mass is 9.98. The minimum atomic E-state index is -1.17. The number of aliphatic hydroxyl groups is 1. The molecule has 2 atom stereocenters. The molecule has 1 fully saturated rings. The number of nitrogens with two attached hydrogens (primary N) is 2. The summed E-state index contributed by atoms with van der Waals surface area (Å²) < 4.78 is 1.68. The van der Waals surface area contributed by atoms with Crippen LogP contribution in [0.15, 0.2) is 58.8 Å². The van der Waals surface area contributed by atoms with Crippen LogP contribution in [0.1, 0.15) is 29.7 Å². The van der Waals surface area contributed by atoms with E-state index in [1.165, 1.54) is 12.4 Å². The van der Waals surface area contributed by atoms with Gasteiger partial charge in [-0.1, -0.05) is 18.6 Å². The fourth-order valence-electron chi connectivity index (χ4n) is 3.83. The van der Waals surface area contributed by atoms with Crippen molar-refractivity contribution in [2.75, 3.05) is 31.8 Å². The predicted molar refractivity (Wildman–Crippen MR) is 158 cm³/mol. The van der Waals surface area contributed by atoms with Crippen LogP contribution in [0.2, 0.25) is 0 Å². The van der Waals surface area contributed by atoms with E-state index in [0.29, 0.717) is 17.0 Å². The minimum Gasteiger partial charge on any atom is -0.404 e. The van der Waals surface area contributed by atoms with E-state index in [1.807, 2.05) is 31.3 Å². The zero-order valence-electron chi connectivity index (χ0n) is 22.0. The van der Waals surface area contributed by atoms with Crippen LogP contribution in [0.25, 0.3) is 5.70 Å². The second kappa shape index (κ2) is 13.7. The van der Waals surface area contributed by atoms with Gasteiger partial charge in [0.2, 0.25) is 0 Å². The molecule has 1 aromatic carbocycles. The largest absolute Gasteiger partial charge is 0.404 e. The van der Waals surface area contributed by atoms with Gasteiger partial charge in [-0.25, -0.2) is 0 Å². The first-order chi connectivity index (χ1) is 17.8. The van der Waals surface area contributed by atoms with Gasteiger partial charge in [-0.05, 0) is 55.5 Å². The first-order valence-electron chi connectivity index (χ1n) is 11.8. The molecule has 0 saturated heterocycles. The lowest BCUT2D eigenvalue weighted by Gasteiger charge is -2.36. The van der Waals surface area contributed by atoms with Gasteiger partial charge in [0.15, 0.2) is 6.23 Å². The normalized spacial score (nSPS) is 15.5. The van der Waals surface area contributed by atoms with Gasteiger partial charge < -0.3 is 26.8 Å². The smallest absolute Gasteiger partial charge is 0.157 e. The van der Waals surface area contributed by atoms with Gasteiger partial charge >= 0.3 is 0 Å². The number of benzene rings is 1. The number of aryl methyl sites for hydroxylation is 1. The molecule has 0 amide bonds. The first kappa shape index (κ1) is 29.7. The van der Waals surface area contributed by atoms with E-state index in [1.54, 1.807) is 36.1 Å². The number of aliphatic imine (C=N–C) groups is 2. The highest BCUT2D eigenvalue weighted by Crippen LogP contribution is 2.44. The van der Waals surface area contributed by atoms with Crippen LogP contribution >= 0.6 is 12.6 Å². The van der Waals surface area contributed by atoms with Gasteiger partial charge in [-0.15, -0.1) is 0 Å². The molecule has 1 aromatic heterocycles. The van der Waals surface area contributed by atoms with Gasteiger partial charge in [0.1, 0.15) is 11.7 Å². The van der Waals surface area contributed by atoms with E-state index >= 15 is 0 Å². The number of nitrogens with zero attached hydrogens (tertiary/aromatic N) is 5. The van der Waals surface area contributed by atoms with Gasteiger partial charge in [-0.3, -0.25) is 14.7 Å². The third-order valence-electron chi connectivity index (χ3n) is 6.12. The lowest BCUT2D eigenvalue weighted by molar-refractivity contribution is 0.205. The van der Waals surface area contributed by atoms with Crippen LogP contribution in [0.4, 0.5) is 5.69 Å². The summed E-state index contributed by atoms with van der Waals surface area (Å²) in [6, 6.07) is 7.21. The average Bonchev–Trinajstić information content (AvgIpc) is 3.54. The molecule has 1 heterocycles. The van der Waals surface area contributed by atoms with E-state index in [2.05, 4.69) is 58.2 Å². The molecule has 0 aliphatic heterocycles. The Morgan fingerprint density at radius 2 is 2.11 bits per heavy atom. The average molecular weight is 523 g/mol. The number of aliphatic hydroxyl groups excluding tert-OH is 1. The van der Waals surface area contributed by atoms with Gasteiger partial charge in [0.25, 0.3) is 0 Å². The molecule has 2 unspecified atom stereocenters. The number of hydrogen-bond donors (Lipinski definition) is 5. The maximum absolute atomic E-state index is 11.5. The number of aromatic nitrogens is 2. The Labute approximate surface area is 225 Å². The Balaban J connectivity index is 0.00000235. The molecule has 0 bridgehead atoms. The zero-order valence-corrected chi connectivity index (χ0v) is 22.9. The lowest BCUT2D eigenvalue weighted by Crippen LogP contribution is -2.46. The predicted octanol–water partition coefficient (Wildman–Crippen LogP) is 1.89. The SMILES string of the molecule is C=NCC(C#Cc1ccnn1C)N(c1ccc(C2(N)CC2)cc1C(=C)NC)C(O)/C(C=NC)=C/N.CS. The standard InChI is InChI=1S/C26H34N8O.CH4S/c1-18(31-4)23-14-20(26(28)11-12-26)6-9-24(23)34(25(35)19(15-27)16-29-2)22(17-30-3)8-7-21-10-13-32-33(21)5;1-2/h6,9-10,13-16,22,25,31,35H,1,3,11-12,17,27-28H2,2,4-5H3;2H,1H3/b19-15+,29-16?;. The molecule has 198 valence electrons. The first-order valence-corrected chi connectivity index (χ1v) is 12.7. The van der Waals surface area contributed by atoms with Crippen molar-refractivity contribution in [2.45, 2.75) is 30.7 Å². The van der Waals surface area contributed by atoms with Crippen molar-refractivity contribution in [2.24, 2.45) is 28.5 Å². The van der Waals surface area contributed by atoms with Crippen molar-refractivity contribution >= 4 is 36.9 Å². The highest BCUT2D eigenvalue weighted by molar-refractivity contribution is 7.79. The monoisotopic (exact) mass is 522 g/mol. The third-order valence-corrected chi connectivity index (χ3v) is 6.12. The molecule has 1 saturated carbocycles. The maximum atomic E-state index is 11.5. The van der Waals surface area contributed by atoms with Crippen molar-refractivity contribution in [1.82, 2.24) is 15.1 Å². The van der Waals surface area contributed by atoms with Crippen LogP contribution in [0.3, 0.4) is 0 Å². The topological polar surface area (TPSA) is 130 Å².